The second kappa shape index (κ2) is 8.66. The van der Waals surface area contributed by atoms with Crippen LogP contribution < -0.4 is 4.90 Å². The number of piperazine rings is 1. The van der Waals surface area contributed by atoms with Crippen LogP contribution in [-0.2, 0) is 15.7 Å². The molecule has 3 heterocycles. The molecular formula is C17H21F3N6O2. The average Bonchev–Trinajstić information content (AvgIpc) is 3.13. The van der Waals surface area contributed by atoms with E-state index in [2.05, 4.69) is 15.0 Å². The smallest absolute Gasteiger partial charge is 0.374 e. The third kappa shape index (κ3) is 5.05. The summed E-state index contributed by atoms with van der Waals surface area (Å²) >= 11 is 0. The van der Waals surface area contributed by atoms with Gasteiger partial charge in [0.25, 0.3) is 0 Å². The molecule has 0 bridgehead atoms. The lowest BCUT2D eigenvalue weighted by Crippen LogP contribution is -2.49. The van der Waals surface area contributed by atoms with E-state index in [0.717, 1.165) is 25.1 Å². The van der Waals surface area contributed by atoms with Crippen LogP contribution in [0.1, 0.15) is 24.8 Å². The van der Waals surface area contributed by atoms with Crippen LogP contribution in [-0.4, -0.2) is 60.7 Å². The molecule has 2 saturated heterocycles. The molecule has 152 valence electrons. The minimum Gasteiger partial charge on any atom is -0.374 e. The van der Waals surface area contributed by atoms with Crippen LogP contribution in [0.4, 0.5) is 19.0 Å². The number of carbonyl (C=O) groups is 1. The van der Waals surface area contributed by atoms with Gasteiger partial charge in [0, 0.05) is 37.3 Å². The minimum absolute atomic E-state index is 0.00513. The molecule has 2 unspecified atom stereocenters. The first kappa shape index (κ1) is 20.2. The number of anilines is 1. The van der Waals surface area contributed by atoms with Gasteiger partial charge in [0.1, 0.15) is 5.82 Å². The summed E-state index contributed by atoms with van der Waals surface area (Å²) in [6.07, 6.45) is -2.06. The van der Waals surface area contributed by atoms with Crippen molar-refractivity contribution < 1.29 is 22.7 Å². The van der Waals surface area contributed by atoms with Crippen LogP contribution in [0.2, 0.25) is 0 Å². The topological polar surface area (TPSA) is 94.4 Å². The number of nitrogens with zero attached hydrogens (tertiary/aromatic N) is 6. The molecule has 0 N–H and O–H groups in total. The Hall–Kier alpha value is -2.52. The van der Waals surface area contributed by atoms with E-state index in [1.54, 1.807) is 4.90 Å². The van der Waals surface area contributed by atoms with Crippen LogP contribution >= 0.6 is 0 Å². The number of carbonyl (C=O) groups excluding carboxylic acids is 1. The molecule has 1 aromatic rings. The number of amides is 1. The number of ether oxygens (including phenoxy) is 1. The van der Waals surface area contributed by atoms with Gasteiger partial charge in [-0.25, -0.2) is 4.98 Å². The monoisotopic (exact) mass is 398 g/mol. The Morgan fingerprint density at radius 1 is 1.25 bits per heavy atom. The minimum atomic E-state index is -4.40. The molecule has 1 amide bonds. The Kier molecular flexibility index (Phi) is 6.25. The fourth-order valence-corrected chi connectivity index (χ4v) is 3.44. The molecule has 8 nitrogen and oxygen atoms in total. The van der Waals surface area contributed by atoms with Gasteiger partial charge in [-0.15, -0.1) is 0 Å². The van der Waals surface area contributed by atoms with Crippen molar-refractivity contribution in [3.8, 4) is 0 Å². The number of pyridine rings is 1. The Balaban J connectivity index is 1.46. The number of hydrogen-bond acceptors (Lipinski definition) is 5. The molecule has 2 aliphatic heterocycles. The van der Waals surface area contributed by atoms with E-state index >= 15 is 0 Å². The van der Waals surface area contributed by atoms with Gasteiger partial charge in [-0.05, 0) is 30.5 Å². The Morgan fingerprint density at radius 3 is 2.57 bits per heavy atom. The largest absolute Gasteiger partial charge is 0.417 e. The SMILES string of the molecule is [N-]=[N+]=NCC1CCC(CC(=O)N2CCN(c3ccc(C(F)(F)F)cn3)CC2)O1. The van der Waals surface area contributed by atoms with E-state index in [4.69, 9.17) is 10.3 Å². The van der Waals surface area contributed by atoms with Crippen molar-refractivity contribution in [1.29, 1.82) is 0 Å². The Bertz CT molecular complexity index is 727. The first-order chi connectivity index (χ1) is 13.4. The van der Waals surface area contributed by atoms with Crippen molar-refractivity contribution >= 4 is 11.7 Å². The molecule has 0 radical (unpaired) electrons. The summed E-state index contributed by atoms with van der Waals surface area (Å²) in [5, 5.41) is 3.50. The predicted molar refractivity (Wildman–Crippen MR) is 94.6 cm³/mol. The highest BCUT2D eigenvalue weighted by Crippen LogP contribution is 2.29. The summed E-state index contributed by atoms with van der Waals surface area (Å²) in [6.45, 7) is 2.26. The van der Waals surface area contributed by atoms with Crippen molar-refractivity contribution in [2.75, 3.05) is 37.6 Å². The molecule has 11 heteroatoms. The van der Waals surface area contributed by atoms with Crippen molar-refractivity contribution in [3.63, 3.8) is 0 Å². The lowest BCUT2D eigenvalue weighted by atomic mass is 10.1. The number of alkyl halides is 3. The molecule has 3 rings (SSSR count). The maximum absolute atomic E-state index is 12.6. The molecule has 2 atom stereocenters. The number of azide groups is 1. The van der Waals surface area contributed by atoms with Crippen molar-refractivity contribution in [2.45, 2.75) is 37.6 Å². The fraction of sp³-hybridized carbons (Fsp3) is 0.647. The lowest BCUT2D eigenvalue weighted by molar-refractivity contribution is -0.138. The van der Waals surface area contributed by atoms with E-state index in [1.165, 1.54) is 6.07 Å². The summed E-state index contributed by atoms with van der Waals surface area (Å²) in [5.41, 5.74) is 7.57. The summed E-state index contributed by atoms with van der Waals surface area (Å²) in [4.78, 5) is 22.7. The number of halogens is 3. The number of aromatic nitrogens is 1. The van der Waals surface area contributed by atoms with Crippen molar-refractivity contribution in [3.05, 3.63) is 34.3 Å². The number of rotatable bonds is 5. The molecule has 2 fully saturated rings. The summed E-state index contributed by atoms with van der Waals surface area (Å²) in [6, 6.07) is 2.38. The zero-order chi connectivity index (χ0) is 20.1. The highest BCUT2D eigenvalue weighted by Gasteiger charge is 2.32. The molecule has 28 heavy (non-hydrogen) atoms. The molecular weight excluding hydrogens is 377 g/mol. The zero-order valence-electron chi connectivity index (χ0n) is 15.2. The second-order valence-corrected chi connectivity index (χ2v) is 6.85. The predicted octanol–water partition coefficient (Wildman–Crippen LogP) is 3.00. The van der Waals surface area contributed by atoms with Crippen LogP contribution in [0.3, 0.4) is 0 Å². The first-order valence-corrected chi connectivity index (χ1v) is 9.09. The van der Waals surface area contributed by atoms with Gasteiger partial charge in [0.05, 0.1) is 30.7 Å². The van der Waals surface area contributed by atoms with E-state index in [1.807, 2.05) is 4.90 Å². The van der Waals surface area contributed by atoms with Gasteiger partial charge >= 0.3 is 6.18 Å². The van der Waals surface area contributed by atoms with Crippen LogP contribution in [0.25, 0.3) is 10.4 Å². The van der Waals surface area contributed by atoms with Gasteiger partial charge in [-0.3, -0.25) is 4.79 Å². The molecule has 0 saturated carbocycles. The lowest BCUT2D eigenvalue weighted by Gasteiger charge is -2.36. The highest BCUT2D eigenvalue weighted by atomic mass is 19.4. The molecule has 0 spiro atoms. The molecule has 1 aromatic heterocycles. The Labute approximate surface area is 159 Å². The molecule has 0 aliphatic carbocycles. The number of hydrogen-bond donors (Lipinski definition) is 0. The summed E-state index contributed by atoms with van der Waals surface area (Å²) < 4.78 is 43.6. The maximum atomic E-state index is 12.6. The average molecular weight is 398 g/mol. The van der Waals surface area contributed by atoms with Gasteiger partial charge in [0.2, 0.25) is 5.91 Å². The van der Waals surface area contributed by atoms with E-state index < -0.39 is 11.7 Å². The normalized spacial score (nSPS) is 22.8. The maximum Gasteiger partial charge on any atom is 0.417 e. The van der Waals surface area contributed by atoms with Crippen LogP contribution in [0, 0.1) is 0 Å². The Morgan fingerprint density at radius 2 is 1.96 bits per heavy atom. The molecule has 2 aliphatic rings. The zero-order valence-corrected chi connectivity index (χ0v) is 15.2. The van der Waals surface area contributed by atoms with Crippen molar-refractivity contribution in [1.82, 2.24) is 9.88 Å². The highest BCUT2D eigenvalue weighted by molar-refractivity contribution is 5.77. The third-order valence-electron chi connectivity index (χ3n) is 4.98. The molecule has 0 aromatic carbocycles. The van der Waals surface area contributed by atoms with E-state index in [0.29, 0.717) is 32.0 Å². The third-order valence-corrected chi connectivity index (χ3v) is 4.98. The first-order valence-electron chi connectivity index (χ1n) is 9.09. The standard InChI is InChI=1S/C17H21F3N6O2/c18-17(19,20)12-1-4-15(22-10-12)25-5-7-26(8-6-25)16(27)9-13-2-3-14(28-13)11-23-24-21/h1,4,10,13-14H,2-3,5-9,11H2. The second-order valence-electron chi connectivity index (χ2n) is 6.85. The van der Waals surface area contributed by atoms with Crippen LogP contribution in [0.5, 0.6) is 0 Å². The van der Waals surface area contributed by atoms with E-state index in [9.17, 15) is 18.0 Å². The van der Waals surface area contributed by atoms with Gasteiger partial charge in [-0.2, -0.15) is 13.2 Å². The fourth-order valence-electron chi connectivity index (χ4n) is 3.44. The van der Waals surface area contributed by atoms with Crippen LogP contribution in [0.15, 0.2) is 23.4 Å². The van der Waals surface area contributed by atoms with Gasteiger partial charge in [0.15, 0.2) is 0 Å². The summed E-state index contributed by atoms with van der Waals surface area (Å²) in [5.74, 6) is 0.467. The summed E-state index contributed by atoms with van der Waals surface area (Å²) in [7, 11) is 0. The van der Waals surface area contributed by atoms with E-state index in [-0.39, 0.29) is 31.1 Å². The van der Waals surface area contributed by atoms with Crippen molar-refractivity contribution in [2.24, 2.45) is 5.11 Å². The van der Waals surface area contributed by atoms with Gasteiger partial charge < -0.3 is 14.5 Å². The quantitative estimate of drug-likeness (QED) is 0.433. The van der Waals surface area contributed by atoms with Gasteiger partial charge in [-0.1, -0.05) is 5.11 Å².